The maximum absolute atomic E-state index is 12.9. The van der Waals surface area contributed by atoms with Gasteiger partial charge in [-0.05, 0) is 55.5 Å². The number of ether oxygens (including phenoxy) is 1. The fourth-order valence-electron chi connectivity index (χ4n) is 3.50. The van der Waals surface area contributed by atoms with E-state index in [1.807, 2.05) is 30.3 Å². The van der Waals surface area contributed by atoms with Gasteiger partial charge in [-0.1, -0.05) is 30.3 Å². The third kappa shape index (κ3) is 4.76. The Bertz CT molecular complexity index is 863. The molecule has 0 saturated carbocycles. The number of Topliss-reactive ketones (excluding diaryl/α,β-unsaturated/α-hetero) is 1. The number of hydrogen-bond acceptors (Lipinski definition) is 4. The standard InChI is InChI=1S/C21H25NO4S/c1-26-19-13-11-18(12-14-19)21(23)20-10-5-15-22(20)27(24,25)16-6-9-17-7-3-2-4-8-17/h2-4,7-8,11-14,20H,5-6,9-10,15-16H2,1H3. The third-order valence-corrected chi connectivity index (χ3v) is 6.90. The zero-order valence-corrected chi connectivity index (χ0v) is 16.3. The maximum Gasteiger partial charge on any atom is 0.214 e. The molecule has 2 aromatic carbocycles. The van der Waals surface area contributed by atoms with E-state index in [0.717, 1.165) is 5.56 Å². The smallest absolute Gasteiger partial charge is 0.214 e. The molecule has 6 heteroatoms. The molecule has 144 valence electrons. The Morgan fingerprint density at radius 1 is 1.11 bits per heavy atom. The zero-order chi connectivity index (χ0) is 19.3. The Morgan fingerprint density at radius 2 is 1.81 bits per heavy atom. The van der Waals surface area contributed by atoms with Crippen LogP contribution < -0.4 is 4.74 Å². The van der Waals surface area contributed by atoms with Gasteiger partial charge in [-0.2, -0.15) is 4.31 Å². The van der Waals surface area contributed by atoms with Crippen molar-refractivity contribution in [2.75, 3.05) is 19.4 Å². The van der Waals surface area contributed by atoms with Gasteiger partial charge in [0.15, 0.2) is 5.78 Å². The topological polar surface area (TPSA) is 63.7 Å². The molecule has 0 radical (unpaired) electrons. The van der Waals surface area contributed by atoms with E-state index in [1.54, 1.807) is 31.4 Å². The summed E-state index contributed by atoms with van der Waals surface area (Å²) in [7, 11) is -1.89. The molecule has 1 fully saturated rings. The Kier molecular flexibility index (Phi) is 6.29. The molecule has 0 N–H and O–H groups in total. The second-order valence-corrected chi connectivity index (χ2v) is 8.81. The average molecular weight is 388 g/mol. The first-order valence-electron chi connectivity index (χ1n) is 9.23. The number of ketones is 1. The van der Waals surface area contributed by atoms with E-state index in [4.69, 9.17) is 4.74 Å². The van der Waals surface area contributed by atoms with E-state index >= 15 is 0 Å². The second-order valence-electron chi connectivity index (χ2n) is 6.77. The van der Waals surface area contributed by atoms with E-state index < -0.39 is 16.1 Å². The van der Waals surface area contributed by atoms with Crippen LogP contribution >= 0.6 is 0 Å². The second kappa shape index (κ2) is 8.67. The lowest BCUT2D eigenvalue weighted by Gasteiger charge is -2.23. The molecule has 5 nitrogen and oxygen atoms in total. The van der Waals surface area contributed by atoms with Crippen molar-refractivity contribution >= 4 is 15.8 Å². The highest BCUT2D eigenvalue weighted by atomic mass is 32.2. The van der Waals surface area contributed by atoms with Crippen molar-refractivity contribution < 1.29 is 17.9 Å². The van der Waals surface area contributed by atoms with Crippen LogP contribution in [0.2, 0.25) is 0 Å². The minimum absolute atomic E-state index is 0.0638. The molecule has 1 aliphatic heterocycles. The molecule has 0 bridgehead atoms. The van der Waals surface area contributed by atoms with E-state index in [2.05, 4.69) is 0 Å². The number of methoxy groups -OCH3 is 1. The van der Waals surface area contributed by atoms with Crippen molar-refractivity contribution in [2.45, 2.75) is 31.7 Å². The summed E-state index contributed by atoms with van der Waals surface area (Å²) in [4.78, 5) is 12.9. The fourth-order valence-corrected chi connectivity index (χ4v) is 5.24. The Balaban J connectivity index is 1.65. The third-order valence-electron chi connectivity index (χ3n) is 4.95. The minimum atomic E-state index is -3.46. The molecule has 1 atom stereocenters. The summed E-state index contributed by atoms with van der Waals surface area (Å²) in [6.45, 7) is 0.417. The minimum Gasteiger partial charge on any atom is -0.497 e. The molecule has 0 spiro atoms. The van der Waals surface area contributed by atoms with Gasteiger partial charge in [0.1, 0.15) is 5.75 Å². The Morgan fingerprint density at radius 3 is 2.48 bits per heavy atom. The Labute approximate surface area is 161 Å². The van der Waals surface area contributed by atoms with Crippen molar-refractivity contribution in [2.24, 2.45) is 0 Å². The molecule has 2 aromatic rings. The van der Waals surface area contributed by atoms with E-state index in [1.165, 1.54) is 4.31 Å². The summed E-state index contributed by atoms with van der Waals surface area (Å²) in [5.41, 5.74) is 1.65. The molecular formula is C21H25NO4S. The first-order valence-corrected chi connectivity index (χ1v) is 10.8. The SMILES string of the molecule is COc1ccc(C(=O)C2CCCN2S(=O)(=O)CCCc2ccccc2)cc1. The number of benzene rings is 2. The quantitative estimate of drug-likeness (QED) is 0.652. The normalized spacial score (nSPS) is 17.7. The number of aryl methyl sites for hydroxylation is 1. The van der Waals surface area contributed by atoms with Crippen LogP contribution in [-0.4, -0.2) is 44.0 Å². The van der Waals surface area contributed by atoms with Crippen LogP contribution in [0.15, 0.2) is 54.6 Å². The molecule has 1 saturated heterocycles. The summed E-state index contributed by atoms with van der Waals surface area (Å²) in [6.07, 6.45) is 2.55. The molecular weight excluding hydrogens is 362 g/mol. The van der Waals surface area contributed by atoms with E-state index in [0.29, 0.717) is 43.5 Å². The predicted octanol–water partition coefficient (Wildman–Crippen LogP) is 3.30. The van der Waals surface area contributed by atoms with Gasteiger partial charge >= 0.3 is 0 Å². The summed E-state index contributed by atoms with van der Waals surface area (Å²) in [6, 6.07) is 16.1. The predicted molar refractivity (Wildman–Crippen MR) is 106 cm³/mol. The van der Waals surface area contributed by atoms with Gasteiger partial charge < -0.3 is 4.74 Å². The number of carbonyl (C=O) groups excluding carboxylic acids is 1. The van der Waals surface area contributed by atoms with Crippen molar-refractivity contribution in [3.05, 3.63) is 65.7 Å². The van der Waals surface area contributed by atoms with Crippen LogP contribution in [0.1, 0.15) is 35.2 Å². The molecule has 27 heavy (non-hydrogen) atoms. The summed E-state index contributed by atoms with van der Waals surface area (Å²) in [5, 5.41) is 0. The van der Waals surface area contributed by atoms with E-state index in [-0.39, 0.29) is 11.5 Å². The number of carbonyl (C=O) groups is 1. The van der Waals surface area contributed by atoms with Crippen LogP contribution in [0, 0.1) is 0 Å². The molecule has 1 aliphatic rings. The molecule has 3 rings (SSSR count). The van der Waals surface area contributed by atoms with E-state index in [9.17, 15) is 13.2 Å². The van der Waals surface area contributed by atoms with Crippen LogP contribution in [0.5, 0.6) is 5.75 Å². The largest absolute Gasteiger partial charge is 0.497 e. The van der Waals surface area contributed by atoms with Crippen LogP contribution in [0.25, 0.3) is 0 Å². The Hall–Kier alpha value is -2.18. The van der Waals surface area contributed by atoms with Gasteiger partial charge in [-0.15, -0.1) is 0 Å². The summed E-state index contributed by atoms with van der Waals surface area (Å²) < 4.78 is 32.2. The van der Waals surface area contributed by atoms with Gasteiger partial charge in [0.25, 0.3) is 0 Å². The monoisotopic (exact) mass is 387 g/mol. The number of hydrogen-bond donors (Lipinski definition) is 0. The van der Waals surface area contributed by atoms with Gasteiger partial charge in [-0.3, -0.25) is 4.79 Å². The van der Waals surface area contributed by atoms with Crippen molar-refractivity contribution in [1.82, 2.24) is 4.31 Å². The highest BCUT2D eigenvalue weighted by molar-refractivity contribution is 7.89. The first kappa shape index (κ1) is 19.6. The number of rotatable bonds is 8. The van der Waals surface area contributed by atoms with Gasteiger partial charge in [-0.25, -0.2) is 8.42 Å². The van der Waals surface area contributed by atoms with Crippen LogP contribution in [-0.2, 0) is 16.4 Å². The maximum atomic E-state index is 12.9. The molecule has 1 heterocycles. The van der Waals surface area contributed by atoms with Crippen LogP contribution in [0.4, 0.5) is 0 Å². The van der Waals surface area contributed by atoms with Gasteiger partial charge in [0, 0.05) is 12.1 Å². The summed E-state index contributed by atoms with van der Waals surface area (Å²) in [5.74, 6) is 0.596. The molecule has 1 unspecified atom stereocenters. The average Bonchev–Trinajstić information content (AvgIpc) is 3.19. The van der Waals surface area contributed by atoms with Gasteiger partial charge in [0.05, 0.1) is 18.9 Å². The van der Waals surface area contributed by atoms with Crippen molar-refractivity contribution in [1.29, 1.82) is 0 Å². The molecule has 0 aliphatic carbocycles. The van der Waals surface area contributed by atoms with Crippen molar-refractivity contribution in [3.8, 4) is 5.75 Å². The van der Waals surface area contributed by atoms with Gasteiger partial charge in [0.2, 0.25) is 10.0 Å². The molecule has 0 aromatic heterocycles. The van der Waals surface area contributed by atoms with Crippen molar-refractivity contribution in [3.63, 3.8) is 0 Å². The summed E-state index contributed by atoms with van der Waals surface area (Å²) >= 11 is 0. The lowest BCUT2D eigenvalue weighted by Crippen LogP contribution is -2.41. The number of nitrogens with zero attached hydrogens (tertiary/aromatic N) is 1. The highest BCUT2D eigenvalue weighted by Crippen LogP contribution is 2.26. The fraction of sp³-hybridized carbons (Fsp3) is 0.381. The zero-order valence-electron chi connectivity index (χ0n) is 15.5. The van der Waals surface area contributed by atoms with Crippen LogP contribution in [0.3, 0.4) is 0 Å². The lowest BCUT2D eigenvalue weighted by atomic mass is 10.0. The highest BCUT2D eigenvalue weighted by Gasteiger charge is 2.38. The first-order chi connectivity index (χ1) is 13.0. The lowest BCUT2D eigenvalue weighted by molar-refractivity contribution is 0.0918. The number of sulfonamides is 1. The molecule has 0 amide bonds.